The van der Waals surface area contributed by atoms with Crippen LogP contribution >= 0.6 is 0 Å². The normalized spacial score (nSPS) is 17.2. The standard InChI is InChI=1S/C23H30BNO4/c1-22(2)23(3,4)29-24(28-22)19-12-14-20(15-13-19)25-16-8-11-21(26)27-17-18-9-6-5-7-10-18/h5-7,9-10,12-15,25H,8,11,16-17H2,1-4H3. The molecular weight excluding hydrogens is 365 g/mol. The Bertz CT molecular complexity index is 789. The minimum absolute atomic E-state index is 0.174. The fourth-order valence-corrected chi connectivity index (χ4v) is 3.01. The molecule has 1 aliphatic heterocycles. The highest BCUT2D eigenvalue weighted by molar-refractivity contribution is 6.62. The van der Waals surface area contributed by atoms with E-state index in [2.05, 4.69) is 5.32 Å². The van der Waals surface area contributed by atoms with Crippen molar-refractivity contribution in [2.45, 2.75) is 58.3 Å². The zero-order valence-electron chi connectivity index (χ0n) is 17.7. The van der Waals surface area contributed by atoms with Gasteiger partial charge in [0.05, 0.1) is 11.2 Å². The second-order valence-corrected chi connectivity index (χ2v) is 8.39. The van der Waals surface area contributed by atoms with E-state index in [9.17, 15) is 4.79 Å². The van der Waals surface area contributed by atoms with Crippen LogP contribution in [0.3, 0.4) is 0 Å². The average molecular weight is 395 g/mol. The second-order valence-electron chi connectivity index (χ2n) is 8.39. The van der Waals surface area contributed by atoms with Crippen molar-refractivity contribution in [3.8, 4) is 0 Å². The summed E-state index contributed by atoms with van der Waals surface area (Å²) in [5.74, 6) is -0.174. The predicted octanol–water partition coefficient (Wildman–Crippen LogP) is 3.92. The first-order valence-electron chi connectivity index (χ1n) is 10.2. The van der Waals surface area contributed by atoms with Gasteiger partial charge in [0.1, 0.15) is 6.61 Å². The number of carbonyl (C=O) groups is 1. The molecule has 154 valence electrons. The number of rotatable bonds is 8. The van der Waals surface area contributed by atoms with Gasteiger partial charge >= 0.3 is 13.1 Å². The van der Waals surface area contributed by atoms with E-state index in [-0.39, 0.29) is 24.3 Å². The van der Waals surface area contributed by atoms with Crippen LogP contribution in [-0.4, -0.2) is 30.8 Å². The lowest BCUT2D eigenvalue weighted by Crippen LogP contribution is -2.41. The number of anilines is 1. The van der Waals surface area contributed by atoms with Crippen molar-refractivity contribution in [1.29, 1.82) is 0 Å². The molecule has 0 aliphatic carbocycles. The Balaban J connectivity index is 1.38. The lowest BCUT2D eigenvalue weighted by Gasteiger charge is -2.32. The Kier molecular flexibility index (Phi) is 6.65. The molecule has 1 heterocycles. The second kappa shape index (κ2) is 9.01. The number of benzene rings is 2. The molecule has 0 amide bonds. The van der Waals surface area contributed by atoms with Crippen LogP contribution in [0.25, 0.3) is 0 Å². The van der Waals surface area contributed by atoms with Crippen LogP contribution in [0.5, 0.6) is 0 Å². The third-order valence-corrected chi connectivity index (χ3v) is 5.57. The first-order chi connectivity index (χ1) is 13.8. The Morgan fingerprint density at radius 2 is 1.59 bits per heavy atom. The van der Waals surface area contributed by atoms with Gasteiger partial charge < -0.3 is 19.4 Å². The maximum Gasteiger partial charge on any atom is 0.494 e. The fourth-order valence-electron chi connectivity index (χ4n) is 3.01. The van der Waals surface area contributed by atoms with E-state index < -0.39 is 0 Å². The van der Waals surface area contributed by atoms with Crippen LogP contribution in [0, 0.1) is 0 Å². The van der Waals surface area contributed by atoms with E-state index in [1.165, 1.54) is 0 Å². The van der Waals surface area contributed by atoms with Gasteiger partial charge in [0.25, 0.3) is 0 Å². The SMILES string of the molecule is CC1(C)OB(c2ccc(NCCCC(=O)OCc3ccccc3)cc2)OC1(C)C. The molecule has 0 atom stereocenters. The quantitative estimate of drug-likeness (QED) is 0.417. The summed E-state index contributed by atoms with van der Waals surface area (Å²) in [5.41, 5.74) is 2.32. The monoisotopic (exact) mass is 395 g/mol. The Morgan fingerprint density at radius 3 is 2.21 bits per heavy atom. The van der Waals surface area contributed by atoms with Crippen LogP contribution in [0.1, 0.15) is 46.1 Å². The number of hydrogen-bond acceptors (Lipinski definition) is 5. The van der Waals surface area contributed by atoms with E-state index >= 15 is 0 Å². The minimum atomic E-state index is -0.353. The molecular formula is C23H30BNO4. The Morgan fingerprint density at radius 1 is 0.966 bits per heavy atom. The van der Waals surface area contributed by atoms with Gasteiger partial charge in [0.2, 0.25) is 0 Å². The van der Waals surface area contributed by atoms with Crippen molar-refractivity contribution >= 4 is 24.2 Å². The summed E-state index contributed by atoms with van der Waals surface area (Å²) in [6, 6.07) is 17.7. The molecule has 29 heavy (non-hydrogen) atoms. The van der Waals surface area contributed by atoms with E-state index in [1.807, 2.05) is 82.3 Å². The average Bonchev–Trinajstić information content (AvgIpc) is 2.92. The Hall–Kier alpha value is -2.31. The molecule has 0 radical (unpaired) electrons. The van der Waals surface area contributed by atoms with Gasteiger partial charge in [0, 0.05) is 18.7 Å². The van der Waals surface area contributed by atoms with Gasteiger partial charge in [-0.3, -0.25) is 4.79 Å². The van der Waals surface area contributed by atoms with Crippen molar-refractivity contribution in [1.82, 2.24) is 0 Å². The third kappa shape index (κ3) is 5.61. The van der Waals surface area contributed by atoms with Crippen molar-refractivity contribution < 1.29 is 18.8 Å². The summed E-state index contributed by atoms with van der Waals surface area (Å²) in [5, 5.41) is 3.33. The van der Waals surface area contributed by atoms with E-state index in [0.29, 0.717) is 26.0 Å². The van der Waals surface area contributed by atoms with E-state index in [1.54, 1.807) is 0 Å². The van der Waals surface area contributed by atoms with Crippen molar-refractivity contribution in [2.24, 2.45) is 0 Å². The molecule has 1 fully saturated rings. The van der Waals surface area contributed by atoms with Gasteiger partial charge in [-0.15, -0.1) is 0 Å². The van der Waals surface area contributed by atoms with E-state index in [4.69, 9.17) is 14.0 Å². The Labute approximate surface area is 173 Å². The van der Waals surface area contributed by atoms with Gasteiger partial charge in [-0.25, -0.2) is 0 Å². The van der Waals surface area contributed by atoms with Gasteiger partial charge in [-0.2, -0.15) is 0 Å². The summed E-state index contributed by atoms with van der Waals surface area (Å²) in [7, 11) is -0.353. The molecule has 0 saturated carbocycles. The number of carbonyl (C=O) groups excluding carboxylic acids is 1. The number of esters is 1. The van der Waals surface area contributed by atoms with Crippen LogP contribution in [0.2, 0.25) is 0 Å². The summed E-state index contributed by atoms with van der Waals surface area (Å²) in [6.45, 7) is 9.23. The zero-order chi connectivity index (χ0) is 20.9. The topological polar surface area (TPSA) is 56.8 Å². The fraction of sp³-hybridized carbons (Fsp3) is 0.435. The van der Waals surface area contributed by atoms with Gasteiger partial charge in [-0.1, -0.05) is 42.5 Å². The van der Waals surface area contributed by atoms with Crippen molar-refractivity contribution in [3.63, 3.8) is 0 Å². The van der Waals surface area contributed by atoms with Crippen LogP contribution in [0.4, 0.5) is 5.69 Å². The lowest BCUT2D eigenvalue weighted by molar-refractivity contribution is -0.145. The molecule has 5 nitrogen and oxygen atoms in total. The summed E-state index contributed by atoms with van der Waals surface area (Å²) < 4.78 is 17.4. The first-order valence-corrected chi connectivity index (χ1v) is 10.2. The summed E-state index contributed by atoms with van der Waals surface area (Å²) in [4.78, 5) is 11.8. The third-order valence-electron chi connectivity index (χ3n) is 5.57. The van der Waals surface area contributed by atoms with Crippen LogP contribution in [0.15, 0.2) is 54.6 Å². The van der Waals surface area contributed by atoms with Gasteiger partial charge in [-0.05, 0) is 57.3 Å². The number of nitrogens with one attached hydrogen (secondary N) is 1. The molecule has 0 bridgehead atoms. The van der Waals surface area contributed by atoms with E-state index in [0.717, 1.165) is 16.7 Å². The number of hydrogen-bond donors (Lipinski definition) is 1. The minimum Gasteiger partial charge on any atom is -0.461 e. The molecule has 1 saturated heterocycles. The lowest BCUT2D eigenvalue weighted by atomic mass is 9.79. The molecule has 0 aromatic heterocycles. The van der Waals surface area contributed by atoms with Gasteiger partial charge in [0.15, 0.2) is 0 Å². The molecule has 1 aliphatic rings. The maximum atomic E-state index is 11.8. The molecule has 1 N–H and O–H groups in total. The van der Waals surface area contributed by atoms with Crippen LogP contribution < -0.4 is 10.8 Å². The molecule has 3 rings (SSSR count). The zero-order valence-corrected chi connectivity index (χ0v) is 17.7. The highest BCUT2D eigenvalue weighted by Crippen LogP contribution is 2.36. The number of ether oxygens (including phenoxy) is 1. The molecule has 6 heteroatoms. The summed E-state index contributed by atoms with van der Waals surface area (Å²) in [6.07, 6.45) is 1.11. The summed E-state index contributed by atoms with van der Waals surface area (Å²) >= 11 is 0. The van der Waals surface area contributed by atoms with Crippen molar-refractivity contribution in [3.05, 3.63) is 60.2 Å². The first kappa shape index (κ1) is 21.4. The maximum absolute atomic E-state index is 11.8. The molecule has 2 aromatic carbocycles. The highest BCUT2D eigenvalue weighted by Gasteiger charge is 2.51. The molecule has 0 unspecified atom stereocenters. The van der Waals surface area contributed by atoms with Crippen LogP contribution in [-0.2, 0) is 25.4 Å². The largest absolute Gasteiger partial charge is 0.494 e. The predicted molar refractivity (Wildman–Crippen MR) is 116 cm³/mol. The highest BCUT2D eigenvalue weighted by atomic mass is 16.7. The molecule has 0 spiro atoms. The smallest absolute Gasteiger partial charge is 0.461 e. The van der Waals surface area contributed by atoms with Crippen molar-refractivity contribution in [2.75, 3.05) is 11.9 Å². The molecule has 2 aromatic rings.